The number of hydrogen-bond donors (Lipinski definition) is 4. The molecular weight excluding hydrogens is 446 g/mol. The van der Waals surface area contributed by atoms with E-state index >= 15 is 0 Å². The fourth-order valence-electron chi connectivity index (χ4n) is 3.48. The highest BCUT2D eigenvalue weighted by Gasteiger charge is 2.45. The average Bonchev–Trinajstić information content (AvgIpc) is 3.13. The van der Waals surface area contributed by atoms with E-state index < -0.39 is 58.9 Å². The van der Waals surface area contributed by atoms with Gasteiger partial charge in [-0.25, -0.2) is 9.13 Å². The van der Waals surface area contributed by atoms with Gasteiger partial charge < -0.3 is 29.5 Å². The Balaban J connectivity index is 1.91. The van der Waals surface area contributed by atoms with E-state index in [-0.39, 0.29) is 31.7 Å². The Kier molecular flexibility index (Phi) is 9.46. The van der Waals surface area contributed by atoms with Crippen LogP contribution in [0.1, 0.15) is 27.7 Å². The van der Waals surface area contributed by atoms with Crippen LogP contribution in [-0.2, 0) is 36.7 Å². The molecule has 0 aromatic rings. The molecule has 2 aliphatic rings. The normalized spacial score (nSPS) is 36.3. The third-order valence-electron chi connectivity index (χ3n) is 4.75. The fourth-order valence-corrected chi connectivity index (χ4v) is 5.39. The summed E-state index contributed by atoms with van der Waals surface area (Å²) < 4.78 is 54.5. The molecule has 0 aromatic carbocycles. The van der Waals surface area contributed by atoms with E-state index in [1.54, 1.807) is 13.8 Å². The van der Waals surface area contributed by atoms with Gasteiger partial charge >= 0.3 is 15.6 Å². The van der Waals surface area contributed by atoms with Crippen molar-refractivity contribution in [1.29, 1.82) is 0 Å². The molecule has 0 saturated carbocycles. The maximum atomic E-state index is 12.4. The quantitative estimate of drug-likeness (QED) is 0.309. The number of phosphoric acid groups is 2. The van der Waals surface area contributed by atoms with Crippen LogP contribution in [0.25, 0.3) is 0 Å². The third kappa shape index (κ3) is 7.58. The van der Waals surface area contributed by atoms with Crippen molar-refractivity contribution in [2.45, 2.75) is 64.3 Å². The average molecular weight is 478 g/mol. The molecule has 0 aliphatic carbocycles. The largest absolute Gasteiger partial charge is 0.472 e. The van der Waals surface area contributed by atoms with E-state index in [0.717, 1.165) is 0 Å². The number of rotatable bonds is 11. The minimum atomic E-state index is -4.65. The summed E-state index contributed by atoms with van der Waals surface area (Å²) in [5, 5.41) is 20.0. The van der Waals surface area contributed by atoms with Crippen molar-refractivity contribution >= 4 is 15.6 Å². The van der Waals surface area contributed by atoms with Gasteiger partial charge in [0.05, 0.1) is 44.7 Å². The summed E-state index contributed by atoms with van der Waals surface area (Å²) in [5.41, 5.74) is 0. The summed E-state index contributed by atoms with van der Waals surface area (Å²) in [5.74, 6) is -0.213. The van der Waals surface area contributed by atoms with E-state index in [2.05, 4.69) is 0 Å². The van der Waals surface area contributed by atoms with Crippen molar-refractivity contribution in [3.8, 4) is 0 Å². The number of aliphatic hydroxyl groups excluding tert-OH is 2. The van der Waals surface area contributed by atoms with E-state index in [1.165, 1.54) is 0 Å². The Labute approximate surface area is 175 Å². The van der Waals surface area contributed by atoms with Gasteiger partial charge in [0.25, 0.3) is 0 Å². The Morgan fingerprint density at radius 3 is 2.03 bits per heavy atom. The standard InChI is InChI=1S/C16H32O12P2/c1-9(2)15-11(17)5-23-13(15)7-25-30(21,22)28-16-12(18)6-24-14(16)8-26-29(19,20)27-10(3)4/h9-18H,5-8H2,1-4H3,(H,19,20)(H,21,22)/t11-,12-,13+,14+,15?,16?/m0/s1. The first-order chi connectivity index (χ1) is 13.8. The zero-order valence-corrected chi connectivity index (χ0v) is 19.2. The number of hydrogen-bond acceptors (Lipinski definition) is 10. The van der Waals surface area contributed by atoms with Crippen LogP contribution in [0, 0.1) is 11.8 Å². The summed E-state index contributed by atoms with van der Waals surface area (Å²) in [6.07, 6.45) is -5.59. The Bertz CT molecular complexity index is 644. The molecule has 4 N–H and O–H groups in total. The Morgan fingerprint density at radius 1 is 0.900 bits per heavy atom. The summed E-state index contributed by atoms with van der Waals surface area (Å²) in [4.78, 5) is 19.7. The minimum Gasteiger partial charge on any atom is -0.390 e. The fraction of sp³-hybridized carbons (Fsp3) is 1.00. The van der Waals surface area contributed by atoms with Crippen molar-refractivity contribution in [3.05, 3.63) is 0 Å². The lowest BCUT2D eigenvalue weighted by Crippen LogP contribution is -2.36. The van der Waals surface area contributed by atoms with Crippen molar-refractivity contribution in [2.24, 2.45) is 11.8 Å². The van der Waals surface area contributed by atoms with Crippen molar-refractivity contribution in [2.75, 3.05) is 26.4 Å². The van der Waals surface area contributed by atoms with Gasteiger partial charge in [0, 0.05) is 5.92 Å². The molecule has 2 saturated heterocycles. The van der Waals surface area contributed by atoms with E-state index in [4.69, 9.17) is 27.6 Å². The highest BCUT2D eigenvalue weighted by atomic mass is 31.2. The second-order valence-corrected chi connectivity index (χ2v) is 10.8. The van der Waals surface area contributed by atoms with Gasteiger partial charge in [-0.3, -0.25) is 18.1 Å². The Morgan fingerprint density at radius 2 is 1.43 bits per heavy atom. The van der Waals surface area contributed by atoms with Gasteiger partial charge in [-0.15, -0.1) is 0 Å². The molecule has 2 rings (SSSR count). The number of ether oxygens (including phenoxy) is 2. The molecule has 2 heterocycles. The Hall–Kier alpha value is 0.0600. The summed E-state index contributed by atoms with van der Waals surface area (Å²) in [7, 11) is -9.02. The lowest BCUT2D eigenvalue weighted by Gasteiger charge is -2.26. The van der Waals surface area contributed by atoms with E-state index in [9.17, 15) is 29.1 Å². The summed E-state index contributed by atoms with van der Waals surface area (Å²) >= 11 is 0. The van der Waals surface area contributed by atoms with Gasteiger partial charge in [0.2, 0.25) is 0 Å². The monoisotopic (exact) mass is 478 g/mol. The second-order valence-electron chi connectivity index (χ2n) is 7.95. The topological polar surface area (TPSA) is 170 Å². The first kappa shape index (κ1) is 26.3. The molecular formula is C16H32O12P2. The maximum Gasteiger partial charge on any atom is 0.472 e. The molecule has 0 spiro atoms. The minimum absolute atomic E-state index is 0.0592. The highest BCUT2D eigenvalue weighted by Crippen LogP contribution is 2.49. The molecule has 14 heteroatoms. The summed E-state index contributed by atoms with van der Waals surface area (Å²) in [6, 6.07) is 0. The van der Waals surface area contributed by atoms with Crippen LogP contribution in [0.2, 0.25) is 0 Å². The molecule has 8 atom stereocenters. The molecule has 2 aliphatic heterocycles. The lowest BCUT2D eigenvalue weighted by molar-refractivity contribution is -0.0240. The smallest absolute Gasteiger partial charge is 0.390 e. The molecule has 12 nitrogen and oxygen atoms in total. The van der Waals surface area contributed by atoms with Gasteiger partial charge in [0.15, 0.2) is 0 Å². The maximum absolute atomic E-state index is 12.4. The van der Waals surface area contributed by atoms with Crippen LogP contribution < -0.4 is 0 Å². The lowest BCUT2D eigenvalue weighted by atomic mass is 9.88. The zero-order valence-electron chi connectivity index (χ0n) is 17.4. The molecule has 30 heavy (non-hydrogen) atoms. The first-order valence-corrected chi connectivity index (χ1v) is 12.7. The first-order valence-electron chi connectivity index (χ1n) is 9.72. The predicted molar refractivity (Wildman–Crippen MR) is 102 cm³/mol. The SMILES string of the molecule is CC(C)OP(=O)(O)OC[C@H]1OC[C@H](O)C1OP(=O)(O)OC[C@H]1OC[C@H](O)C1C(C)C. The molecule has 0 bridgehead atoms. The van der Waals surface area contributed by atoms with Gasteiger partial charge in [-0.2, -0.15) is 0 Å². The molecule has 178 valence electrons. The van der Waals surface area contributed by atoms with E-state index in [1.807, 2.05) is 13.8 Å². The van der Waals surface area contributed by atoms with Gasteiger partial charge in [-0.1, -0.05) is 13.8 Å². The molecule has 0 radical (unpaired) electrons. The van der Waals surface area contributed by atoms with Gasteiger partial charge in [0.1, 0.15) is 18.3 Å². The molecule has 2 fully saturated rings. The second kappa shape index (κ2) is 10.8. The van der Waals surface area contributed by atoms with Crippen LogP contribution >= 0.6 is 15.6 Å². The van der Waals surface area contributed by atoms with Crippen molar-refractivity contribution in [3.63, 3.8) is 0 Å². The van der Waals surface area contributed by atoms with E-state index in [0.29, 0.717) is 0 Å². The van der Waals surface area contributed by atoms with Crippen LogP contribution in [0.5, 0.6) is 0 Å². The predicted octanol–water partition coefficient (Wildman–Crippen LogP) is 0.822. The number of phosphoric ester groups is 2. The molecule has 4 unspecified atom stereocenters. The molecule has 0 aromatic heterocycles. The van der Waals surface area contributed by atoms with Crippen LogP contribution in [0.4, 0.5) is 0 Å². The van der Waals surface area contributed by atoms with Crippen LogP contribution in [-0.4, -0.2) is 83.1 Å². The highest BCUT2D eigenvalue weighted by molar-refractivity contribution is 7.47. The van der Waals surface area contributed by atoms with Crippen LogP contribution in [0.3, 0.4) is 0 Å². The molecule has 0 amide bonds. The van der Waals surface area contributed by atoms with Crippen molar-refractivity contribution < 1.29 is 56.7 Å². The zero-order chi connectivity index (χ0) is 22.7. The van der Waals surface area contributed by atoms with Crippen LogP contribution in [0.15, 0.2) is 0 Å². The third-order valence-corrected chi connectivity index (χ3v) is 6.90. The van der Waals surface area contributed by atoms with Crippen molar-refractivity contribution in [1.82, 2.24) is 0 Å². The summed E-state index contributed by atoms with van der Waals surface area (Å²) in [6.45, 7) is 5.93. The number of aliphatic hydroxyl groups is 2. The van der Waals surface area contributed by atoms with Gasteiger partial charge in [-0.05, 0) is 19.8 Å².